The van der Waals surface area contributed by atoms with Crippen molar-refractivity contribution >= 4 is 0 Å². The Morgan fingerprint density at radius 2 is 2.50 bits per heavy atom. The molecule has 1 atom stereocenters. The van der Waals surface area contributed by atoms with E-state index in [-0.39, 0.29) is 32.7 Å². The van der Waals surface area contributed by atoms with Crippen molar-refractivity contribution in [1.29, 1.82) is 0 Å². The molecule has 1 N–H and O–H groups in total. The van der Waals surface area contributed by atoms with E-state index in [4.69, 9.17) is 0 Å². The van der Waals surface area contributed by atoms with Gasteiger partial charge in [0.05, 0.1) is 0 Å². The van der Waals surface area contributed by atoms with Crippen LogP contribution in [0.2, 0.25) is 0 Å². The Kier molecular flexibility index (Phi) is 6.82. The molecule has 0 spiro atoms. The van der Waals surface area contributed by atoms with Gasteiger partial charge in [-0.1, -0.05) is 6.42 Å². The van der Waals surface area contributed by atoms with Gasteiger partial charge in [-0.3, -0.25) is 0 Å². The summed E-state index contributed by atoms with van der Waals surface area (Å²) in [6.45, 7) is 4.55. The average Bonchev–Trinajstić information content (AvgIpc) is 1.91. The standard InChI is InChI=1S/C8H13N.Y/c1-2-9-8-6-4-3-5-7-8;/h3-4,6,8-9H,1-2,5,7H2;/q-2;. The van der Waals surface area contributed by atoms with Crippen molar-refractivity contribution in [2.45, 2.75) is 18.9 Å². The molecule has 2 heteroatoms. The van der Waals surface area contributed by atoms with Gasteiger partial charge >= 0.3 is 0 Å². The average molecular weight is 212 g/mol. The largest absolute Gasteiger partial charge is 0.356 e. The first-order chi connectivity index (χ1) is 4.43. The summed E-state index contributed by atoms with van der Waals surface area (Å²) >= 11 is 0. The molecule has 0 saturated carbocycles. The van der Waals surface area contributed by atoms with Gasteiger partial charge in [-0.2, -0.15) is 0 Å². The van der Waals surface area contributed by atoms with E-state index in [1.807, 2.05) is 0 Å². The van der Waals surface area contributed by atoms with Crippen molar-refractivity contribution in [2.75, 3.05) is 6.54 Å². The van der Waals surface area contributed by atoms with Crippen LogP contribution in [0.25, 0.3) is 0 Å². The Bertz CT molecular complexity index is 101. The number of nitrogens with one attached hydrogen (secondary N) is 1. The Balaban J connectivity index is 0.000000810. The summed E-state index contributed by atoms with van der Waals surface area (Å²) in [7, 11) is 0. The van der Waals surface area contributed by atoms with Gasteiger partial charge in [-0.25, -0.2) is 18.6 Å². The summed E-state index contributed by atoms with van der Waals surface area (Å²) in [6, 6.07) is 0.576. The number of hydrogen-bond acceptors (Lipinski definition) is 1. The molecule has 0 fully saturated rings. The summed E-state index contributed by atoms with van der Waals surface area (Å²) in [5, 5.41) is 3.27. The molecule has 0 aromatic carbocycles. The first kappa shape index (κ1) is 10.7. The predicted octanol–water partition coefficient (Wildman–Crippen LogP) is 1.33. The van der Waals surface area contributed by atoms with Crippen LogP contribution in [-0.2, 0) is 32.7 Å². The zero-order chi connectivity index (χ0) is 6.53. The van der Waals surface area contributed by atoms with Gasteiger partial charge < -0.3 is 12.2 Å². The summed E-state index contributed by atoms with van der Waals surface area (Å²) in [6.07, 6.45) is 8.94. The molecule has 55 valence electrons. The minimum atomic E-state index is 0. The fourth-order valence-electron chi connectivity index (χ4n) is 1.04. The fourth-order valence-corrected chi connectivity index (χ4v) is 1.04. The maximum atomic E-state index is 3.72. The molecule has 1 nitrogen and oxygen atoms in total. The third-order valence-electron chi connectivity index (χ3n) is 1.53. The minimum absolute atomic E-state index is 0. The van der Waals surface area contributed by atoms with Crippen LogP contribution in [0.3, 0.4) is 0 Å². The van der Waals surface area contributed by atoms with Crippen molar-refractivity contribution < 1.29 is 32.7 Å². The summed E-state index contributed by atoms with van der Waals surface area (Å²) in [4.78, 5) is 0. The van der Waals surface area contributed by atoms with Crippen LogP contribution in [0.4, 0.5) is 0 Å². The molecule has 10 heavy (non-hydrogen) atoms. The molecule has 1 rings (SSSR count). The number of hydrogen-bond donors (Lipinski definition) is 1. The minimum Gasteiger partial charge on any atom is -0.356 e. The quantitative estimate of drug-likeness (QED) is 0.681. The first-order valence-electron chi connectivity index (χ1n) is 3.46. The molecular formula is C8H13NY-2. The Morgan fingerprint density at radius 1 is 1.70 bits per heavy atom. The van der Waals surface area contributed by atoms with Gasteiger partial charge in [0.25, 0.3) is 0 Å². The van der Waals surface area contributed by atoms with Crippen LogP contribution < -0.4 is 5.32 Å². The second kappa shape index (κ2) is 6.39. The Labute approximate surface area is 88.5 Å². The van der Waals surface area contributed by atoms with Crippen LogP contribution in [0, 0.1) is 13.3 Å². The van der Waals surface area contributed by atoms with E-state index in [2.05, 4.69) is 30.8 Å². The van der Waals surface area contributed by atoms with E-state index in [1.165, 1.54) is 12.8 Å². The smallest absolute Gasteiger partial charge is 0 e. The molecule has 1 aliphatic carbocycles. The van der Waals surface area contributed by atoms with E-state index in [0.717, 1.165) is 6.54 Å². The first-order valence-corrected chi connectivity index (χ1v) is 3.46. The van der Waals surface area contributed by atoms with Crippen LogP contribution in [0.1, 0.15) is 12.8 Å². The van der Waals surface area contributed by atoms with Gasteiger partial charge in [0.15, 0.2) is 0 Å². The maximum absolute atomic E-state index is 3.72. The van der Waals surface area contributed by atoms with Crippen LogP contribution in [0.15, 0.2) is 12.2 Å². The van der Waals surface area contributed by atoms with Crippen molar-refractivity contribution in [3.05, 3.63) is 25.5 Å². The summed E-state index contributed by atoms with van der Waals surface area (Å²) in [5.74, 6) is 0. The normalized spacial score (nSPS) is 23.1. The molecule has 1 radical (unpaired) electrons. The second-order valence-electron chi connectivity index (χ2n) is 2.26. The molecule has 0 aromatic rings. The topological polar surface area (TPSA) is 12.0 Å². The van der Waals surface area contributed by atoms with E-state index in [0.29, 0.717) is 6.04 Å². The van der Waals surface area contributed by atoms with Crippen molar-refractivity contribution in [1.82, 2.24) is 5.32 Å². The molecule has 1 unspecified atom stereocenters. The monoisotopic (exact) mass is 212 g/mol. The second-order valence-corrected chi connectivity index (χ2v) is 2.26. The predicted molar refractivity (Wildman–Crippen MR) is 39.8 cm³/mol. The molecule has 0 aromatic heterocycles. The van der Waals surface area contributed by atoms with E-state index in [9.17, 15) is 0 Å². The zero-order valence-corrected chi connectivity index (χ0v) is 9.05. The van der Waals surface area contributed by atoms with Gasteiger partial charge in [0.2, 0.25) is 0 Å². The number of rotatable bonds is 2. The van der Waals surface area contributed by atoms with Crippen LogP contribution in [0.5, 0.6) is 0 Å². The van der Waals surface area contributed by atoms with E-state index < -0.39 is 0 Å². The van der Waals surface area contributed by atoms with Crippen LogP contribution in [-0.4, -0.2) is 12.6 Å². The van der Waals surface area contributed by atoms with E-state index in [1.54, 1.807) is 0 Å². The van der Waals surface area contributed by atoms with Crippen LogP contribution >= 0.6 is 0 Å². The van der Waals surface area contributed by atoms with Gasteiger partial charge in [0.1, 0.15) is 0 Å². The Hall–Kier alpha value is 0.674. The fraction of sp³-hybridized carbons (Fsp3) is 0.500. The SMILES string of the molecule is [CH2-]CNC1[CH-]C=CCC1.[Y]. The molecule has 1 aliphatic rings. The molecular weight excluding hydrogens is 199 g/mol. The third-order valence-corrected chi connectivity index (χ3v) is 1.53. The van der Waals surface area contributed by atoms with E-state index >= 15 is 0 Å². The Morgan fingerprint density at radius 3 is 3.00 bits per heavy atom. The van der Waals surface area contributed by atoms with Gasteiger partial charge in [0, 0.05) is 32.7 Å². The number of allylic oxidation sites excluding steroid dienone is 1. The molecule has 0 heterocycles. The molecule has 0 amide bonds. The molecule has 0 aliphatic heterocycles. The maximum Gasteiger partial charge on any atom is 0 e. The summed E-state index contributed by atoms with van der Waals surface area (Å²) in [5.41, 5.74) is 0. The molecule has 0 saturated heterocycles. The van der Waals surface area contributed by atoms with Crippen molar-refractivity contribution in [3.8, 4) is 0 Å². The van der Waals surface area contributed by atoms with Gasteiger partial charge in [-0.15, -0.1) is 13.0 Å². The van der Waals surface area contributed by atoms with Crippen molar-refractivity contribution in [3.63, 3.8) is 0 Å². The zero-order valence-electron chi connectivity index (χ0n) is 6.22. The molecule has 0 bridgehead atoms. The van der Waals surface area contributed by atoms with Gasteiger partial charge in [-0.05, 0) is 6.04 Å². The summed E-state index contributed by atoms with van der Waals surface area (Å²) < 4.78 is 0. The third kappa shape index (κ3) is 3.75. The van der Waals surface area contributed by atoms with Crippen molar-refractivity contribution in [2.24, 2.45) is 0 Å².